The van der Waals surface area contributed by atoms with Gasteiger partial charge in [-0.3, -0.25) is 4.79 Å². The normalized spacial score (nSPS) is 22.4. The van der Waals surface area contributed by atoms with Crippen LogP contribution in [0.3, 0.4) is 0 Å². The molecule has 1 fully saturated rings. The van der Waals surface area contributed by atoms with Crippen molar-refractivity contribution in [2.45, 2.75) is 211 Å². The van der Waals surface area contributed by atoms with Crippen LogP contribution in [0, 0.1) is 0 Å². The average Bonchev–Trinajstić information content (AvgIpc) is 3.39. The van der Waals surface area contributed by atoms with Crippen molar-refractivity contribution >= 4 is 39.2 Å². The van der Waals surface area contributed by atoms with E-state index in [-0.39, 0.29) is 40.9 Å². The first-order chi connectivity index (χ1) is 21.4. The maximum absolute atomic E-state index is 11.8. The van der Waals surface area contributed by atoms with E-state index in [1.807, 2.05) is 0 Å². The van der Waals surface area contributed by atoms with Gasteiger partial charge in [-0.15, -0.1) is 0 Å². The SMILES string of the molecule is CC[Si](CC)(CC)O[C@@H](C[C@H](CO[Si](C)(C)C(C)(C)C)O[Si](C)(C)C(C)(C)C)C1C[C@H](O[Si](CC)(CC)CC)C([C@@H](N)CC(=O)O)O1. The van der Waals surface area contributed by atoms with E-state index >= 15 is 0 Å². The molecule has 0 aliphatic carbocycles. The van der Waals surface area contributed by atoms with Gasteiger partial charge in [0.15, 0.2) is 33.3 Å². The number of ether oxygens (including phenoxy) is 1. The third kappa shape index (κ3) is 12.4. The minimum atomic E-state index is -2.16. The highest BCUT2D eigenvalue weighted by atomic mass is 28.4. The van der Waals surface area contributed by atoms with Gasteiger partial charge >= 0.3 is 5.97 Å². The topological polar surface area (TPSA) is 109 Å². The number of carboxylic acids is 1. The van der Waals surface area contributed by atoms with Crippen LogP contribution >= 0.6 is 0 Å². The lowest BCUT2D eigenvalue weighted by Crippen LogP contribution is -2.51. The first kappa shape index (κ1) is 45.1. The molecule has 0 aromatic rings. The van der Waals surface area contributed by atoms with Crippen LogP contribution in [0.4, 0.5) is 0 Å². The Hall–Kier alpha value is 0.0975. The molecule has 12 heteroatoms. The summed E-state index contributed by atoms with van der Waals surface area (Å²) in [7, 11) is -8.32. The largest absolute Gasteiger partial charge is 0.481 e. The van der Waals surface area contributed by atoms with Crippen molar-refractivity contribution in [1.29, 1.82) is 0 Å². The maximum atomic E-state index is 11.8. The second-order valence-corrected chi connectivity index (χ2v) is 36.3. The average molecular weight is 736 g/mol. The van der Waals surface area contributed by atoms with Crippen LogP contribution in [0.15, 0.2) is 0 Å². The molecule has 0 aromatic heterocycles. The number of carboxylic acid groups (broad SMARTS) is 1. The van der Waals surface area contributed by atoms with Gasteiger partial charge in [-0.2, -0.15) is 0 Å². The van der Waals surface area contributed by atoms with Gasteiger partial charge in [0.1, 0.15) is 0 Å². The summed E-state index contributed by atoms with van der Waals surface area (Å²) in [5.41, 5.74) is 6.61. The number of aliphatic carboxylic acids is 1. The smallest absolute Gasteiger partial charge is 0.305 e. The summed E-state index contributed by atoms with van der Waals surface area (Å²) in [5.74, 6) is -0.916. The molecule has 8 nitrogen and oxygen atoms in total. The van der Waals surface area contributed by atoms with Crippen LogP contribution < -0.4 is 5.73 Å². The fourth-order valence-corrected chi connectivity index (χ4v) is 14.3. The molecule has 0 aromatic carbocycles. The van der Waals surface area contributed by atoms with Crippen LogP contribution in [0.1, 0.15) is 102 Å². The Bertz CT molecular complexity index is 929. The Kier molecular flexibility index (Phi) is 17.3. The zero-order valence-corrected chi connectivity index (χ0v) is 37.5. The molecular formula is C35H77NO7Si4. The van der Waals surface area contributed by atoms with Crippen LogP contribution in [0.2, 0.25) is 72.5 Å². The highest BCUT2D eigenvalue weighted by Gasteiger charge is 2.49. The van der Waals surface area contributed by atoms with E-state index in [1.165, 1.54) is 0 Å². The Morgan fingerprint density at radius 1 is 0.809 bits per heavy atom. The second-order valence-electron chi connectivity index (χ2n) is 17.2. The summed E-state index contributed by atoms with van der Waals surface area (Å²) in [4.78, 5) is 11.8. The van der Waals surface area contributed by atoms with Gasteiger partial charge in [-0.05, 0) is 72.5 Å². The first-order valence-electron chi connectivity index (χ1n) is 18.7. The van der Waals surface area contributed by atoms with Crippen molar-refractivity contribution in [3.8, 4) is 0 Å². The molecule has 0 bridgehead atoms. The predicted molar refractivity (Wildman–Crippen MR) is 207 cm³/mol. The maximum Gasteiger partial charge on any atom is 0.305 e. The summed E-state index contributed by atoms with van der Waals surface area (Å²) < 4.78 is 35.4. The van der Waals surface area contributed by atoms with Gasteiger partial charge in [-0.25, -0.2) is 0 Å². The lowest BCUT2D eigenvalue weighted by Gasteiger charge is -2.43. The highest BCUT2D eigenvalue weighted by molar-refractivity contribution is 6.75. The van der Waals surface area contributed by atoms with E-state index in [0.29, 0.717) is 19.4 Å². The van der Waals surface area contributed by atoms with E-state index in [9.17, 15) is 9.90 Å². The van der Waals surface area contributed by atoms with Gasteiger partial charge < -0.3 is 33.3 Å². The number of carbonyl (C=O) groups is 1. The molecule has 0 saturated carbocycles. The fourth-order valence-electron chi connectivity index (χ4n) is 6.20. The molecule has 1 heterocycles. The number of hydrogen-bond acceptors (Lipinski definition) is 7. The van der Waals surface area contributed by atoms with E-state index in [4.69, 9.17) is 28.2 Å². The molecule has 0 radical (unpaired) electrons. The van der Waals surface area contributed by atoms with E-state index in [2.05, 4.69) is 109 Å². The van der Waals surface area contributed by atoms with Crippen molar-refractivity contribution in [2.24, 2.45) is 5.73 Å². The van der Waals surface area contributed by atoms with Crippen LogP contribution in [0.25, 0.3) is 0 Å². The molecule has 280 valence electrons. The van der Waals surface area contributed by atoms with Gasteiger partial charge in [0.2, 0.25) is 0 Å². The molecule has 0 amide bonds. The Labute approximate surface area is 294 Å². The van der Waals surface area contributed by atoms with Crippen LogP contribution in [-0.2, 0) is 27.2 Å². The van der Waals surface area contributed by atoms with E-state index < -0.39 is 51.4 Å². The first-order valence-corrected chi connectivity index (χ1v) is 29.6. The van der Waals surface area contributed by atoms with Crippen molar-refractivity contribution < 1.29 is 32.3 Å². The molecule has 2 unspecified atom stereocenters. The molecule has 3 N–H and O–H groups in total. The zero-order chi connectivity index (χ0) is 36.6. The molecule has 0 spiro atoms. The minimum Gasteiger partial charge on any atom is -0.481 e. The molecule has 1 saturated heterocycles. The summed E-state index contributed by atoms with van der Waals surface area (Å²) in [6, 6.07) is 5.43. The van der Waals surface area contributed by atoms with E-state index in [0.717, 1.165) is 36.3 Å². The van der Waals surface area contributed by atoms with Gasteiger partial charge in [0.05, 0.1) is 43.5 Å². The van der Waals surface area contributed by atoms with Crippen molar-refractivity contribution in [3.63, 3.8) is 0 Å². The van der Waals surface area contributed by atoms with Crippen LogP contribution in [0.5, 0.6) is 0 Å². The molecule has 1 aliphatic heterocycles. The summed E-state index contributed by atoms with van der Waals surface area (Å²) in [6.45, 7) is 36.9. The Morgan fingerprint density at radius 2 is 1.28 bits per heavy atom. The third-order valence-corrected chi connectivity index (χ3v) is 30.7. The molecular weight excluding hydrogens is 659 g/mol. The zero-order valence-electron chi connectivity index (χ0n) is 33.5. The summed E-state index contributed by atoms with van der Waals surface area (Å²) in [6.07, 6.45) is -0.251. The second kappa shape index (κ2) is 18.0. The lowest BCUT2D eigenvalue weighted by molar-refractivity contribution is -0.138. The van der Waals surface area contributed by atoms with Crippen molar-refractivity contribution in [1.82, 2.24) is 0 Å². The monoisotopic (exact) mass is 735 g/mol. The molecule has 1 aliphatic rings. The number of hydrogen-bond donors (Lipinski definition) is 2. The van der Waals surface area contributed by atoms with Gasteiger partial charge in [0, 0.05) is 18.9 Å². The quantitative estimate of drug-likeness (QED) is 0.112. The van der Waals surface area contributed by atoms with Crippen molar-refractivity contribution in [3.05, 3.63) is 0 Å². The van der Waals surface area contributed by atoms with Gasteiger partial charge in [0.25, 0.3) is 0 Å². The minimum absolute atomic E-state index is 0.0409. The Morgan fingerprint density at radius 3 is 1.68 bits per heavy atom. The number of nitrogens with two attached hydrogens (primary N) is 1. The van der Waals surface area contributed by atoms with Crippen molar-refractivity contribution in [2.75, 3.05) is 6.61 Å². The third-order valence-electron chi connectivity index (χ3n) is 12.3. The van der Waals surface area contributed by atoms with Gasteiger partial charge in [-0.1, -0.05) is 83.1 Å². The summed E-state index contributed by atoms with van der Waals surface area (Å²) >= 11 is 0. The number of rotatable bonds is 21. The molecule has 6 atom stereocenters. The molecule has 1 rings (SSSR count). The molecule has 47 heavy (non-hydrogen) atoms. The van der Waals surface area contributed by atoms with Crippen LogP contribution in [-0.4, -0.2) is 87.5 Å². The Balaban J connectivity index is 3.69. The lowest BCUT2D eigenvalue weighted by atomic mass is 10.00. The predicted octanol–water partition coefficient (Wildman–Crippen LogP) is 9.53. The fraction of sp³-hybridized carbons (Fsp3) is 0.971. The standard InChI is InChI=1S/C35H77NO7Si4/c1-17-46(18-2,19-3)42-30(23-27(41-45(15,16)35(10,11)12)26-39-44(13,14)34(7,8)9)29-25-31(43-47(20-4,21-5)22-6)33(40-29)28(36)24-32(37)38/h27-31,33H,17-26,36H2,1-16H3,(H,37,38)/t27-,28+,29?,30+,31+,33?/m1/s1. The summed E-state index contributed by atoms with van der Waals surface area (Å²) in [5, 5.41) is 9.81. The van der Waals surface area contributed by atoms with E-state index in [1.54, 1.807) is 0 Å². The highest BCUT2D eigenvalue weighted by Crippen LogP contribution is 2.42.